The lowest BCUT2D eigenvalue weighted by atomic mass is 10.1. The SMILES string of the molecule is Cc1sccc1SC1(C)CCSC1. The molecule has 72 valence electrons. The summed E-state index contributed by atoms with van der Waals surface area (Å²) in [5, 5.41) is 2.20. The van der Waals surface area contributed by atoms with Crippen molar-refractivity contribution >= 4 is 34.9 Å². The number of thiophene rings is 1. The first-order valence-corrected chi connectivity index (χ1v) is 7.36. The van der Waals surface area contributed by atoms with Gasteiger partial charge < -0.3 is 0 Å². The van der Waals surface area contributed by atoms with Crippen LogP contribution in [0.25, 0.3) is 0 Å². The molecule has 0 bridgehead atoms. The van der Waals surface area contributed by atoms with Crippen LogP contribution in [0.5, 0.6) is 0 Å². The molecule has 0 spiro atoms. The molecule has 1 atom stereocenters. The summed E-state index contributed by atoms with van der Waals surface area (Å²) in [4.78, 5) is 2.97. The Labute approximate surface area is 92.5 Å². The fraction of sp³-hybridized carbons (Fsp3) is 0.600. The van der Waals surface area contributed by atoms with Crippen LogP contribution in [0.4, 0.5) is 0 Å². The lowest BCUT2D eigenvalue weighted by Crippen LogP contribution is -2.17. The summed E-state index contributed by atoms with van der Waals surface area (Å²) in [5.41, 5.74) is 0. The molecule has 1 aliphatic rings. The highest BCUT2D eigenvalue weighted by Gasteiger charge is 2.30. The summed E-state index contributed by atoms with van der Waals surface area (Å²) < 4.78 is 0.497. The van der Waals surface area contributed by atoms with Crippen molar-refractivity contribution in [3.05, 3.63) is 16.3 Å². The Bertz CT molecular complexity index is 284. The molecule has 3 heteroatoms. The third-order valence-corrected chi connectivity index (χ3v) is 6.35. The Balaban J connectivity index is 2.09. The van der Waals surface area contributed by atoms with Crippen LogP contribution in [-0.2, 0) is 0 Å². The molecule has 1 aromatic rings. The topological polar surface area (TPSA) is 0 Å². The first-order valence-electron chi connectivity index (χ1n) is 4.50. The highest BCUT2D eigenvalue weighted by Crippen LogP contribution is 2.44. The molecule has 0 aliphatic carbocycles. The van der Waals surface area contributed by atoms with E-state index in [-0.39, 0.29) is 0 Å². The molecule has 1 saturated heterocycles. The van der Waals surface area contributed by atoms with Gasteiger partial charge in [0.2, 0.25) is 0 Å². The van der Waals surface area contributed by atoms with Gasteiger partial charge in [0.05, 0.1) is 0 Å². The minimum absolute atomic E-state index is 0.497. The molecule has 0 N–H and O–H groups in total. The van der Waals surface area contributed by atoms with Gasteiger partial charge in [0, 0.05) is 20.3 Å². The second-order valence-corrected chi connectivity index (χ2v) is 7.55. The molecule has 1 fully saturated rings. The highest BCUT2D eigenvalue weighted by atomic mass is 32.2. The first-order chi connectivity index (χ1) is 6.20. The monoisotopic (exact) mass is 230 g/mol. The van der Waals surface area contributed by atoms with Crippen LogP contribution in [0, 0.1) is 6.92 Å². The molecule has 0 amide bonds. The number of hydrogen-bond donors (Lipinski definition) is 0. The Morgan fingerprint density at radius 3 is 2.92 bits per heavy atom. The van der Waals surface area contributed by atoms with E-state index in [2.05, 4.69) is 48.8 Å². The van der Waals surface area contributed by atoms with Gasteiger partial charge in [0.1, 0.15) is 0 Å². The van der Waals surface area contributed by atoms with Crippen molar-refractivity contribution in [1.82, 2.24) is 0 Å². The zero-order valence-corrected chi connectivity index (χ0v) is 10.5. The van der Waals surface area contributed by atoms with Gasteiger partial charge in [-0.25, -0.2) is 0 Å². The van der Waals surface area contributed by atoms with Crippen LogP contribution in [0.2, 0.25) is 0 Å². The van der Waals surface area contributed by atoms with Gasteiger partial charge in [0.15, 0.2) is 0 Å². The van der Waals surface area contributed by atoms with Crippen LogP contribution in [0.1, 0.15) is 18.2 Å². The van der Waals surface area contributed by atoms with Crippen molar-refractivity contribution in [3.63, 3.8) is 0 Å². The highest BCUT2D eigenvalue weighted by molar-refractivity contribution is 8.04. The third kappa shape index (κ3) is 2.25. The molecule has 0 nitrogen and oxygen atoms in total. The lowest BCUT2D eigenvalue weighted by Gasteiger charge is -2.21. The van der Waals surface area contributed by atoms with Crippen molar-refractivity contribution in [2.75, 3.05) is 11.5 Å². The van der Waals surface area contributed by atoms with Crippen molar-refractivity contribution in [1.29, 1.82) is 0 Å². The van der Waals surface area contributed by atoms with Gasteiger partial charge in [-0.05, 0) is 37.5 Å². The standard InChI is InChI=1S/C10H14S3/c1-8-9(3-5-12-8)13-10(2)4-6-11-7-10/h3,5H,4,6-7H2,1-2H3. The van der Waals surface area contributed by atoms with Crippen LogP contribution in [0.3, 0.4) is 0 Å². The predicted octanol–water partition coefficient (Wildman–Crippen LogP) is 4.04. The summed E-state index contributed by atoms with van der Waals surface area (Å²) in [5.74, 6) is 2.65. The van der Waals surface area contributed by atoms with Crippen molar-refractivity contribution in [3.8, 4) is 0 Å². The van der Waals surface area contributed by atoms with E-state index in [0.717, 1.165) is 0 Å². The second kappa shape index (κ2) is 3.87. The fourth-order valence-electron chi connectivity index (χ4n) is 1.47. The Morgan fingerprint density at radius 2 is 2.38 bits per heavy atom. The van der Waals surface area contributed by atoms with Gasteiger partial charge in [-0.15, -0.1) is 23.1 Å². The fourth-order valence-corrected chi connectivity index (χ4v) is 5.37. The number of aryl methyl sites for hydroxylation is 1. The zero-order chi connectivity index (χ0) is 9.31. The van der Waals surface area contributed by atoms with Gasteiger partial charge >= 0.3 is 0 Å². The van der Waals surface area contributed by atoms with Gasteiger partial charge in [0.25, 0.3) is 0 Å². The van der Waals surface area contributed by atoms with Crippen molar-refractivity contribution in [2.45, 2.75) is 29.9 Å². The van der Waals surface area contributed by atoms with E-state index >= 15 is 0 Å². The zero-order valence-electron chi connectivity index (χ0n) is 8.00. The molecular formula is C10H14S3. The average molecular weight is 230 g/mol. The van der Waals surface area contributed by atoms with E-state index in [9.17, 15) is 0 Å². The number of rotatable bonds is 2. The summed E-state index contributed by atoms with van der Waals surface area (Å²) in [6.45, 7) is 4.62. The maximum atomic E-state index is 2.40. The van der Waals surface area contributed by atoms with Crippen molar-refractivity contribution < 1.29 is 0 Å². The molecule has 2 rings (SSSR count). The molecular weight excluding hydrogens is 216 g/mol. The van der Waals surface area contributed by atoms with E-state index < -0.39 is 0 Å². The Hall–Kier alpha value is 0.400. The maximum absolute atomic E-state index is 2.40. The lowest BCUT2D eigenvalue weighted by molar-refractivity contribution is 0.729. The molecule has 0 radical (unpaired) electrons. The second-order valence-electron chi connectivity index (χ2n) is 3.70. The normalized spacial score (nSPS) is 28.2. The van der Waals surface area contributed by atoms with E-state index in [1.807, 2.05) is 11.3 Å². The summed E-state index contributed by atoms with van der Waals surface area (Å²) in [6, 6.07) is 2.26. The third-order valence-electron chi connectivity index (χ3n) is 2.35. The minimum Gasteiger partial charge on any atom is -0.161 e. The van der Waals surface area contributed by atoms with Gasteiger partial charge in [-0.1, -0.05) is 0 Å². The van der Waals surface area contributed by atoms with E-state index in [0.29, 0.717) is 4.75 Å². The summed E-state index contributed by atoms with van der Waals surface area (Å²) in [6.07, 6.45) is 1.36. The molecule has 0 aromatic carbocycles. The van der Waals surface area contributed by atoms with Crippen molar-refractivity contribution in [2.24, 2.45) is 0 Å². The van der Waals surface area contributed by atoms with E-state index in [4.69, 9.17) is 0 Å². The molecule has 1 unspecified atom stereocenters. The first kappa shape index (κ1) is 9.94. The van der Waals surface area contributed by atoms with Crippen LogP contribution in [0.15, 0.2) is 16.3 Å². The summed E-state index contributed by atoms with van der Waals surface area (Å²) >= 11 is 6.03. The molecule has 1 aromatic heterocycles. The average Bonchev–Trinajstić information content (AvgIpc) is 2.64. The van der Waals surface area contributed by atoms with Gasteiger partial charge in [-0.2, -0.15) is 11.8 Å². The van der Waals surface area contributed by atoms with Crippen LogP contribution >= 0.6 is 34.9 Å². The Kier molecular flexibility index (Phi) is 2.96. The molecule has 0 saturated carbocycles. The number of thioether (sulfide) groups is 2. The minimum atomic E-state index is 0.497. The smallest absolute Gasteiger partial charge is 0.0277 e. The largest absolute Gasteiger partial charge is 0.161 e. The molecule has 1 aliphatic heterocycles. The number of hydrogen-bond acceptors (Lipinski definition) is 3. The molecule has 2 heterocycles. The van der Waals surface area contributed by atoms with Crippen LogP contribution in [-0.4, -0.2) is 16.3 Å². The Morgan fingerprint density at radius 1 is 1.54 bits per heavy atom. The maximum Gasteiger partial charge on any atom is 0.0277 e. The quantitative estimate of drug-likeness (QED) is 0.752. The van der Waals surface area contributed by atoms with E-state index in [1.54, 1.807) is 0 Å². The van der Waals surface area contributed by atoms with E-state index in [1.165, 1.54) is 27.7 Å². The predicted molar refractivity (Wildman–Crippen MR) is 65.3 cm³/mol. The van der Waals surface area contributed by atoms with Gasteiger partial charge in [-0.3, -0.25) is 0 Å². The van der Waals surface area contributed by atoms with Crippen LogP contribution < -0.4 is 0 Å². The summed E-state index contributed by atoms with van der Waals surface area (Å²) in [7, 11) is 0. The molecule has 13 heavy (non-hydrogen) atoms.